The largest absolute Gasteiger partial charge is 0.508 e. The molecule has 5 amide bonds. The number of nitrogens with one attached hydrogen (secondary N) is 5. The first-order valence-electron chi connectivity index (χ1n) is 18.1. The van der Waals surface area contributed by atoms with Crippen molar-refractivity contribution in [1.29, 1.82) is 0 Å². The van der Waals surface area contributed by atoms with E-state index < -0.39 is 59.4 Å². The monoisotopic (exact) mass is 765 g/mol. The number of amides is 5. The molecule has 10 N–H and O–H groups in total. The van der Waals surface area contributed by atoms with Crippen molar-refractivity contribution in [3.8, 4) is 11.5 Å². The van der Waals surface area contributed by atoms with Gasteiger partial charge < -0.3 is 42.6 Å². The van der Waals surface area contributed by atoms with Crippen molar-refractivity contribution in [2.75, 3.05) is 32.8 Å². The molecule has 2 atom stereocenters. The van der Waals surface area contributed by atoms with E-state index in [1.807, 2.05) is 29.2 Å². The van der Waals surface area contributed by atoms with Gasteiger partial charge in [-0.05, 0) is 54.6 Å². The highest BCUT2D eigenvalue weighted by atomic mass is 19.1. The number of urea groups is 1. The maximum Gasteiger partial charge on any atom is 0.321 e. The molecule has 1 aliphatic heterocycles. The lowest BCUT2D eigenvalue weighted by molar-refractivity contribution is -0.132. The second-order valence-corrected chi connectivity index (χ2v) is 12.8. The smallest absolute Gasteiger partial charge is 0.321 e. The molecule has 0 aliphatic carbocycles. The molecule has 4 rings (SSSR count). The predicted octanol–water partition coefficient (Wildman–Crippen LogP) is 2.18. The van der Waals surface area contributed by atoms with Crippen LogP contribution in [0.2, 0.25) is 0 Å². The molecule has 17 heteroatoms. The molecule has 0 unspecified atom stereocenters. The molecule has 3 aromatic carbocycles. The number of ether oxygens (including phenoxy) is 1. The molecular formula is C38H49F2N9O6. The van der Waals surface area contributed by atoms with Crippen molar-refractivity contribution in [3.05, 3.63) is 94.6 Å². The molecule has 15 nitrogen and oxygen atoms in total. The normalized spacial score (nSPS) is 13.6. The molecular weight excluding hydrogens is 716 g/mol. The van der Waals surface area contributed by atoms with Crippen molar-refractivity contribution in [2.24, 2.45) is 16.5 Å². The van der Waals surface area contributed by atoms with Crippen LogP contribution >= 0.6 is 0 Å². The number of halogens is 2. The summed E-state index contributed by atoms with van der Waals surface area (Å²) in [7, 11) is 0. The molecule has 55 heavy (non-hydrogen) atoms. The average Bonchev–Trinajstić information content (AvgIpc) is 3.58. The molecule has 296 valence electrons. The van der Waals surface area contributed by atoms with Crippen LogP contribution < -0.4 is 42.8 Å². The summed E-state index contributed by atoms with van der Waals surface area (Å²) in [5.41, 5.74) is 13.8. The number of aliphatic imine (C=N–C) groups is 1. The molecule has 0 bridgehead atoms. The van der Waals surface area contributed by atoms with Gasteiger partial charge >= 0.3 is 6.03 Å². The standard InChI is InChI=1S/C38H49F2N9O6/c1-2-33(51)43-16-17-45-38(54)48-37(42)44-15-5-9-32(35(52)46-21-29-30(39)19-27(50)20-31(29)40)47-36(53)34(49-22-25-7-3-4-8-26(25)23-49)24-10-12-28(13-11-24)55-18-6-14-41/h3-4,7-8,10-13,19-20,32,34,50H,2,5-6,9,14-18,21-23,41H2,1H3,(H,43,51)(H,46,52)(H,47,53)(H4,42,44,45,48,54)/t32-,34-/m1/s1. The highest BCUT2D eigenvalue weighted by Crippen LogP contribution is 2.32. The van der Waals surface area contributed by atoms with Crippen molar-refractivity contribution in [2.45, 2.75) is 64.3 Å². The lowest BCUT2D eigenvalue weighted by atomic mass is 10.0. The van der Waals surface area contributed by atoms with Gasteiger partial charge in [-0.25, -0.2) is 13.6 Å². The number of benzene rings is 3. The summed E-state index contributed by atoms with van der Waals surface area (Å²) in [6.07, 6.45) is 1.25. The highest BCUT2D eigenvalue weighted by molar-refractivity contribution is 5.95. The molecule has 0 saturated heterocycles. The van der Waals surface area contributed by atoms with Crippen molar-refractivity contribution in [1.82, 2.24) is 31.5 Å². The number of carbonyl (C=O) groups is 4. The van der Waals surface area contributed by atoms with Crippen LogP contribution in [0, 0.1) is 11.6 Å². The fraction of sp³-hybridized carbons (Fsp3) is 0.395. The predicted molar refractivity (Wildman–Crippen MR) is 201 cm³/mol. The number of aromatic hydroxyl groups is 1. The minimum Gasteiger partial charge on any atom is -0.508 e. The summed E-state index contributed by atoms with van der Waals surface area (Å²) < 4.78 is 34.7. The van der Waals surface area contributed by atoms with E-state index in [-0.39, 0.29) is 44.3 Å². The van der Waals surface area contributed by atoms with Crippen LogP contribution in [0.15, 0.2) is 65.7 Å². The minimum absolute atomic E-state index is 0.0408. The molecule has 0 saturated carbocycles. The summed E-state index contributed by atoms with van der Waals surface area (Å²) in [5, 5.41) is 22.4. The summed E-state index contributed by atoms with van der Waals surface area (Å²) in [4.78, 5) is 57.5. The van der Waals surface area contributed by atoms with E-state index in [1.54, 1.807) is 31.2 Å². The first kappa shape index (κ1) is 41.9. The number of hydrogen-bond acceptors (Lipinski definition) is 9. The Balaban J connectivity index is 1.48. The van der Waals surface area contributed by atoms with Gasteiger partial charge in [-0.15, -0.1) is 0 Å². The number of guanidine groups is 1. The van der Waals surface area contributed by atoms with Crippen LogP contribution in [-0.2, 0) is 34.0 Å². The molecule has 0 radical (unpaired) electrons. The zero-order valence-electron chi connectivity index (χ0n) is 30.7. The number of fused-ring (bicyclic) bond motifs is 1. The van der Waals surface area contributed by atoms with Gasteiger partial charge in [0, 0.05) is 63.4 Å². The third-order valence-corrected chi connectivity index (χ3v) is 8.72. The Morgan fingerprint density at radius 2 is 1.58 bits per heavy atom. The van der Waals surface area contributed by atoms with E-state index in [2.05, 4.69) is 31.6 Å². The lowest BCUT2D eigenvalue weighted by Crippen LogP contribution is -2.50. The molecule has 0 aromatic heterocycles. The Kier molecular flexibility index (Phi) is 16.1. The maximum absolute atomic E-state index is 14.5. The highest BCUT2D eigenvalue weighted by Gasteiger charge is 2.34. The Hall–Kier alpha value is -5.81. The Morgan fingerprint density at radius 1 is 0.927 bits per heavy atom. The average molecular weight is 766 g/mol. The van der Waals surface area contributed by atoms with Gasteiger partial charge in [-0.2, -0.15) is 0 Å². The van der Waals surface area contributed by atoms with E-state index in [0.717, 1.165) is 23.3 Å². The second-order valence-electron chi connectivity index (χ2n) is 12.8. The van der Waals surface area contributed by atoms with E-state index in [0.29, 0.717) is 50.4 Å². The van der Waals surface area contributed by atoms with Gasteiger partial charge in [-0.3, -0.25) is 29.6 Å². The van der Waals surface area contributed by atoms with Crippen LogP contribution in [0.5, 0.6) is 11.5 Å². The summed E-state index contributed by atoms with van der Waals surface area (Å²) in [6, 6.07) is 13.8. The van der Waals surface area contributed by atoms with E-state index in [4.69, 9.17) is 16.2 Å². The molecule has 3 aromatic rings. The first-order chi connectivity index (χ1) is 26.5. The molecule has 0 fully saturated rings. The molecule has 1 aliphatic rings. The lowest BCUT2D eigenvalue weighted by Gasteiger charge is -2.29. The zero-order chi connectivity index (χ0) is 39.7. The topological polar surface area (TPSA) is 226 Å². The first-order valence-corrected chi connectivity index (χ1v) is 18.1. The van der Waals surface area contributed by atoms with E-state index in [1.165, 1.54) is 0 Å². The van der Waals surface area contributed by atoms with Gasteiger partial charge in [0.2, 0.25) is 17.7 Å². The van der Waals surface area contributed by atoms with Gasteiger partial charge in [0.05, 0.1) is 6.61 Å². The van der Waals surface area contributed by atoms with Gasteiger partial charge in [0.15, 0.2) is 5.96 Å². The SMILES string of the molecule is CCC(=O)NCCNC(=O)NC(N)=NCCC[C@@H](NC(=O)[C@@H](c1ccc(OCCCN)cc1)N1Cc2ccccc2C1)C(=O)NCc1c(F)cc(O)cc1F. The van der Waals surface area contributed by atoms with Gasteiger partial charge in [0.25, 0.3) is 0 Å². The Bertz CT molecular complexity index is 1760. The van der Waals surface area contributed by atoms with Crippen LogP contribution in [0.25, 0.3) is 0 Å². The number of phenolic OH excluding ortho intramolecular Hbond substituents is 1. The summed E-state index contributed by atoms with van der Waals surface area (Å²) >= 11 is 0. The Morgan fingerprint density at radius 3 is 2.22 bits per heavy atom. The number of phenols is 1. The number of carbonyl (C=O) groups excluding carboxylic acids is 4. The summed E-state index contributed by atoms with van der Waals surface area (Å²) in [5.74, 6) is -3.62. The van der Waals surface area contributed by atoms with E-state index >= 15 is 0 Å². The number of rotatable bonds is 19. The van der Waals surface area contributed by atoms with Crippen molar-refractivity contribution in [3.63, 3.8) is 0 Å². The van der Waals surface area contributed by atoms with Crippen molar-refractivity contribution >= 4 is 29.7 Å². The van der Waals surface area contributed by atoms with Gasteiger partial charge in [-0.1, -0.05) is 43.3 Å². The Labute approximate surface area is 318 Å². The number of nitrogens with two attached hydrogens (primary N) is 2. The fourth-order valence-corrected chi connectivity index (χ4v) is 5.86. The third kappa shape index (κ3) is 12.9. The fourth-order valence-electron chi connectivity index (χ4n) is 5.86. The second kappa shape index (κ2) is 21.2. The van der Waals surface area contributed by atoms with Crippen LogP contribution in [-0.4, -0.2) is 78.5 Å². The quantitative estimate of drug-likeness (QED) is 0.0508. The van der Waals surface area contributed by atoms with E-state index in [9.17, 15) is 33.1 Å². The maximum atomic E-state index is 14.5. The number of nitrogens with zero attached hydrogens (tertiary/aromatic N) is 2. The molecule has 0 spiro atoms. The van der Waals surface area contributed by atoms with Crippen LogP contribution in [0.1, 0.15) is 60.9 Å². The van der Waals surface area contributed by atoms with Crippen LogP contribution in [0.4, 0.5) is 13.6 Å². The third-order valence-electron chi connectivity index (χ3n) is 8.72. The summed E-state index contributed by atoms with van der Waals surface area (Å²) in [6.45, 7) is 3.48. The molecule has 1 heterocycles. The zero-order valence-corrected chi connectivity index (χ0v) is 30.7. The van der Waals surface area contributed by atoms with Gasteiger partial charge in [0.1, 0.15) is 35.2 Å². The number of hydrogen-bond donors (Lipinski definition) is 8. The van der Waals surface area contributed by atoms with Crippen molar-refractivity contribution < 1.29 is 37.8 Å². The minimum atomic E-state index is -1.17. The van der Waals surface area contributed by atoms with Crippen LogP contribution in [0.3, 0.4) is 0 Å².